The van der Waals surface area contributed by atoms with Gasteiger partial charge in [0.05, 0.1) is 5.69 Å². The van der Waals surface area contributed by atoms with Gasteiger partial charge in [-0.1, -0.05) is 6.07 Å². The summed E-state index contributed by atoms with van der Waals surface area (Å²) in [5, 5.41) is 3.31. The van der Waals surface area contributed by atoms with Crippen LogP contribution in [0.25, 0.3) is 0 Å². The number of hydrogen-bond donors (Lipinski definition) is 1. The van der Waals surface area contributed by atoms with Crippen LogP contribution in [0.5, 0.6) is 0 Å². The van der Waals surface area contributed by atoms with Crippen molar-refractivity contribution >= 4 is 27.4 Å². The molecule has 0 radical (unpaired) electrons. The van der Waals surface area contributed by atoms with Crippen LogP contribution >= 0.6 is 15.9 Å². The number of halogens is 1. The molecule has 0 saturated carbocycles. The molecule has 0 aliphatic rings. The molecule has 2 aromatic rings. The number of nitrogens with zero attached hydrogens (tertiary/aromatic N) is 1. The Labute approximate surface area is 110 Å². The number of rotatable bonds is 2. The molecule has 0 aliphatic carbocycles. The number of aromatic nitrogens is 1. The molecule has 2 nitrogen and oxygen atoms in total. The van der Waals surface area contributed by atoms with Gasteiger partial charge >= 0.3 is 0 Å². The van der Waals surface area contributed by atoms with E-state index in [0.717, 1.165) is 21.7 Å². The van der Waals surface area contributed by atoms with Crippen LogP contribution in [0.3, 0.4) is 0 Å². The standard InChI is InChI=1S/C14H15BrN2/c1-9-4-5-12(8-10(9)2)17-14-7-6-13(15)11(3)16-14/h4-8H,1-3H3,(H,16,17). The van der Waals surface area contributed by atoms with Crippen LogP contribution in [0.2, 0.25) is 0 Å². The molecule has 0 aliphatic heterocycles. The van der Waals surface area contributed by atoms with E-state index in [9.17, 15) is 0 Å². The molecule has 17 heavy (non-hydrogen) atoms. The summed E-state index contributed by atoms with van der Waals surface area (Å²) in [6.45, 7) is 6.21. The molecule has 1 N–H and O–H groups in total. The van der Waals surface area contributed by atoms with Crippen LogP contribution in [-0.2, 0) is 0 Å². The van der Waals surface area contributed by atoms with Crippen molar-refractivity contribution in [1.29, 1.82) is 0 Å². The van der Waals surface area contributed by atoms with Gasteiger partial charge in [-0.15, -0.1) is 0 Å². The topological polar surface area (TPSA) is 24.9 Å². The molecule has 2 rings (SSSR count). The van der Waals surface area contributed by atoms with E-state index >= 15 is 0 Å². The second kappa shape index (κ2) is 4.88. The molecule has 0 bridgehead atoms. The van der Waals surface area contributed by atoms with E-state index in [1.54, 1.807) is 0 Å². The molecule has 88 valence electrons. The van der Waals surface area contributed by atoms with Crippen molar-refractivity contribution in [3.05, 3.63) is 51.6 Å². The van der Waals surface area contributed by atoms with Crippen LogP contribution in [0.4, 0.5) is 11.5 Å². The summed E-state index contributed by atoms with van der Waals surface area (Å²) in [5.74, 6) is 0.869. The molecule has 1 aromatic heterocycles. The highest BCUT2D eigenvalue weighted by molar-refractivity contribution is 9.10. The second-order valence-electron chi connectivity index (χ2n) is 4.19. The van der Waals surface area contributed by atoms with Crippen molar-refractivity contribution in [3.63, 3.8) is 0 Å². The largest absolute Gasteiger partial charge is 0.340 e. The first-order valence-corrected chi connectivity index (χ1v) is 6.33. The zero-order valence-electron chi connectivity index (χ0n) is 10.2. The number of hydrogen-bond acceptors (Lipinski definition) is 2. The summed E-state index contributed by atoms with van der Waals surface area (Å²) in [6.07, 6.45) is 0. The summed E-state index contributed by atoms with van der Waals surface area (Å²) >= 11 is 3.45. The summed E-state index contributed by atoms with van der Waals surface area (Å²) < 4.78 is 1.03. The minimum absolute atomic E-state index is 0.869. The molecule has 0 unspecified atom stereocenters. The lowest BCUT2D eigenvalue weighted by Crippen LogP contribution is -1.96. The van der Waals surface area contributed by atoms with Gasteiger partial charge in [0.2, 0.25) is 0 Å². The van der Waals surface area contributed by atoms with Crippen molar-refractivity contribution in [3.8, 4) is 0 Å². The maximum atomic E-state index is 4.46. The molecule has 1 heterocycles. The van der Waals surface area contributed by atoms with Crippen LogP contribution in [0, 0.1) is 20.8 Å². The van der Waals surface area contributed by atoms with Gasteiger partial charge in [-0.3, -0.25) is 0 Å². The fourth-order valence-electron chi connectivity index (χ4n) is 1.58. The predicted octanol–water partition coefficient (Wildman–Crippen LogP) is 4.51. The molecule has 0 spiro atoms. The highest BCUT2D eigenvalue weighted by Crippen LogP contribution is 2.21. The van der Waals surface area contributed by atoms with Crippen LogP contribution in [0.15, 0.2) is 34.8 Å². The van der Waals surface area contributed by atoms with Crippen LogP contribution in [-0.4, -0.2) is 4.98 Å². The van der Waals surface area contributed by atoms with Gasteiger partial charge in [0.15, 0.2) is 0 Å². The Morgan fingerprint density at radius 3 is 2.41 bits per heavy atom. The van der Waals surface area contributed by atoms with E-state index in [1.165, 1.54) is 11.1 Å². The molecule has 0 atom stereocenters. The highest BCUT2D eigenvalue weighted by atomic mass is 79.9. The molecule has 0 amide bonds. The van der Waals surface area contributed by atoms with Gasteiger partial charge in [0.25, 0.3) is 0 Å². The van der Waals surface area contributed by atoms with E-state index in [0.29, 0.717) is 0 Å². The summed E-state index contributed by atoms with van der Waals surface area (Å²) in [7, 11) is 0. The first-order valence-electron chi connectivity index (χ1n) is 5.53. The van der Waals surface area contributed by atoms with Crippen molar-refractivity contribution in [2.75, 3.05) is 5.32 Å². The fraction of sp³-hybridized carbons (Fsp3) is 0.214. The molecular formula is C14H15BrN2. The third kappa shape index (κ3) is 2.86. The quantitative estimate of drug-likeness (QED) is 0.880. The maximum absolute atomic E-state index is 4.46. The normalized spacial score (nSPS) is 10.4. The second-order valence-corrected chi connectivity index (χ2v) is 5.04. The van der Waals surface area contributed by atoms with E-state index in [1.807, 2.05) is 19.1 Å². The van der Waals surface area contributed by atoms with Gasteiger partial charge in [0, 0.05) is 10.2 Å². The molecule has 0 saturated heterocycles. The Balaban J connectivity index is 2.25. The maximum Gasteiger partial charge on any atom is 0.130 e. The number of nitrogens with one attached hydrogen (secondary N) is 1. The summed E-state index contributed by atoms with van der Waals surface area (Å²) in [4.78, 5) is 4.46. The van der Waals surface area contributed by atoms with Crippen molar-refractivity contribution < 1.29 is 0 Å². The SMILES string of the molecule is Cc1ccc(Nc2ccc(Br)c(C)n2)cc1C. The Bertz CT molecular complexity index is 500. The Morgan fingerprint density at radius 1 is 1.00 bits per heavy atom. The van der Waals surface area contributed by atoms with Gasteiger partial charge in [-0.25, -0.2) is 4.98 Å². The van der Waals surface area contributed by atoms with Crippen molar-refractivity contribution in [2.45, 2.75) is 20.8 Å². The lowest BCUT2D eigenvalue weighted by molar-refractivity contribution is 1.18. The summed E-state index contributed by atoms with van der Waals surface area (Å²) in [5.41, 5.74) is 4.64. The predicted molar refractivity (Wildman–Crippen MR) is 75.9 cm³/mol. The Kier molecular flexibility index (Phi) is 3.48. The van der Waals surface area contributed by atoms with Crippen molar-refractivity contribution in [1.82, 2.24) is 4.98 Å². The first-order chi connectivity index (χ1) is 8.06. The number of benzene rings is 1. The van der Waals surface area contributed by atoms with Gasteiger partial charge < -0.3 is 5.32 Å². The number of anilines is 2. The average Bonchev–Trinajstić information content (AvgIpc) is 2.29. The average molecular weight is 291 g/mol. The smallest absolute Gasteiger partial charge is 0.130 e. The van der Waals surface area contributed by atoms with E-state index in [-0.39, 0.29) is 0 Å². The zero-order valence-corrected chi connectivity index (χ0v) is 11.8. The third-order valence-corrected chi connectivity index (χ3v) is 3.64. The minimum atomic E-state index is 0.869. The first kappa shape index (κ1) is 12.1. The fourth-order valence-corrected chi connectivity index (χ4v) is 1.80. The highest BCUT2D eigenvalue weighted by Gasteiger charge is 2.00. The lowest BCUT2D eigenvalue weighted by Gasteiger charge is -2.09. The monoisotopic (exact) mass is 290 g/mol. The molecule has 3 heteroatoms. The molecular weight excluding hydrogens is 276 g/mol. The van der Waals surface area contributed by atoms with Crippen LogP contribution in [0.1, 0.15) is 16.8 Å². The van der Waals surface area contributed by atoms with E-state index in [4.69, 9.17) is 0 Å². The van der Waals surface area contributed by atoms with Gasteiger partial charge in [0.1, 0.15) is 5.82 Å². The Morgan fingerprint density at radius 2 is 1.76 bits per heavy atom. The van der Waals surface area contributed by atoms with Gasteiger partial charge in [-0.2, -0.15) is 0 Å². The number of pyridine rings is 1. The van der Waals surface area contributed by atoms with Crippen molar-refractivity contribution in [2.24, 2.45) is 0 Å². The third-order valence-electron chi connectivity index (χ3n) is 2.80. The van der Waals surface area contributed by atoms with E-state index in [2.05, 4.69) is 58.3 Å². The Hall–Kier alpha value is -1.35. The zero-order chi connectivity index (χ0) is 12.4. The summed E-state index contributed by atoms with van der Waals surface area (Å²) in [6, 6.07) is 10.3. The molecule has 0 fully saturated rings. The van der Waals surface area contributed by atoms with Crippen LogP contribution < -0.4 is 5.32 Å². The minimum Gasteiger partial charge on any atom is -0.340 e. The molecule has 1 aromatic carbocycles. The lowest BCUT2D eigenvalue weighted by atomic mass is 10.1. The van der Waals surface area contributed by atoms with Gasteiger partial charge in [-0.05, 0) is 72.1 Å². The number of aryl methyl sites for hydroxylation is 3. The van der Waals surface area contributed by atoms with E-state index < -0.39 is 0 Å².